The molecule has 0 aliphatic heterocycles. The van der Waals surface area contributed by atoms with E-state index in [9.17, 15) is 8.42 Å². The molecule has 0 aromatic heterocycles. The van der Waals surface area contributed by atoms with Crippen LogP contribution in [0.15, 0.2) is 24.3 Å². The maximum Gasteiger partial charge on any atom is 0.215 e. The monoisotopic (exact) mass is 299 g/mol. The molecule has 1 saturated carbocycles. The summed E-state index contributed by atoms with van der Waals surface area (Å²) in [6, 6.07) is 6.96. The third-order valence-corrected chi connectivity index (χ3v) is 5.14. The fourth-order valence-electron chi connectivity index (χ4n) is 2.35. The van der Waals surface area contributed by atoms with Crippen LogP contribution in [-0.4, -0.2) is 32.8 Å². The van der Waals surface area contributed by atoms with Gasteiger partial charge in [-0.25, -0.2) is 13.1 Å². The molecule has 20 heavy (non-hydrogen) atoms. The van der Waals surface area contributed by atoms with E-state index in [0.29, 0.717) is 17.7 Å². The van der Waals surface area contributed by atoms with E-state index in [1.165, 1.54) is 0 Å². The van der Waals surface area contributed by atoms with Gasteiger partial charge in [-0.15, -0.1) is 0 Å². The van der Waals surface area contributed by atoms with Crippen molar-refractivity contribution < 1.29 is 18.3 Å². The van der Waals surface area contributed by atoms with E-state index >= 15 is 0 Å². The number of methoxy groups -OCH3 is 1. The standard InChI is InChI=1S/C14H21NO4S/c1-19-14(6-3-7-14)11-15-20(17,18)10-13-5-2-4-12(8-13)9-16/h2,4-5,8,15-16H,3,6-7,9-11H2,1H3. The molecule has 2 rings (SSSR count). The summed E-state index contributed by atoms with van der Waals surface area (Å²) in [4.78, 5) is 0. The number of rotatable bonds is 7. The Morgan fingerprint density at radius 2 is 2.05 bits per heavy atom. The number of sulfonamides is 1. The first-order chi connectivity index (χ1) is 9.49. The average Bonchev–Trinajstić information content (AvgIpc) is 2.37. The van der Waals surface area contributed by atoms with Crippen LogP contribution in [0.4, 0.5) is 0 Å². The Labute approximate surface area is 120 Å². The van der Waals surface area contributed by atoms with Gasteiger partial charge in [0.2, 0.25) is 10.0 Å². The molecule has 112 valence electrons. The lowest BCUT2D eigenvalue weighted by Gasteiger charge is -2.40. The number of benzene rings is 1. The molecule has 2 N–H and O–H groups in total. The number of aliphatic hydroxyl groups is 1. The first-order valence-corrected chi connectivity index (χ1v) is 8.35. The minimum absolute atomic E-state index is 0.0827. The van der Waals surface area contributed by atoms with Gasteiger partial charge in [-0.2, -0.15) is 0 Å². The molecular formula is C14H21NO4S. The summed E-state index contributed by atoms with van der Waals surface area (Å²) in [6.07, 6.45) is 2.87. The first kappa shape index (κ1) is 15.4. The Kier molecular flexibility index (Phi) is 4.80. The number of ether oxygens (including phenoxy) is 1. The van der Waals surface area contributed by atoms with Gasteiger partial charge in [0.1, 0.15) is 0 Å². The molecule has 0 spiro atoms. The molecule has 1 aliphatic rings. The maximum atomic E-state index is 12.1. The lowest BCUT2D eigenvalue weighted by Crippen LogP contribution is -2.49. The quantitative estimate of drug-likeness (QED) is 0.792. The molecule has 5 nitrogen and oxygen atoms in total. The summed E-state index contributed by atoms with van der Waals surface area (Å²) in [7, 11) is -1.77. The van der Waals surface area contributed by atoms with E-state index in [2.05, 4.69) is 4.72 Å². The van der Waals surface area contributed by atoms with Crippen LogP contribution in [0.5, 0.6) is 0 Å². The van der Waals surface area contributed by atoms with Crippen molar-refractivity contribution in [3.05, 3.63) is 35.4 Å². The molecule has 0 saturated heterocycles. The predicted octanol–water partition coefficient (Wildman–Crippen LogP) is 1.17. The molecule has 1 fully saturated rings. The van der Waals surface area contributed by atoms with Gasteiger partial charge in [0.05, 0.1) is 18.0 Å². The summed E-state index contributed by atoms with van der Waals surface area (Å²) in [5.74, 6) is -0.0827. The highest BCUT2D eigenvalue weighted by Gasteiger charge is 2.37. The second-order valence-electron chi connectivity index (χ2n) is 5.30. The predicted molar refractivity (Wildman–Crippen MR) is 76.6 cm³/mol. The van der Waals surface area contributed by atoms with Crippen LogP contribution in [-0.2, 0) is 27.1 Å². The van der Waals surface area contributed by atoms with Crippen LogP contribution in [0.2, 0.25) is 0 Å². The highest BCUT2D eigenvalue weighted by molar-refractivity contribution is 7.88. The molecule has 0 unspecified atom stereocenters. The molecule has 6 heteroatoms. The molecule has 0 amide bonds. The van der Waals surface area contributed by atoms with Gasteiger partial charge in [-0.05, 0) is 30.4 Å². The minimum Gasteiger partial charge on any atom is -0.392 e. The topological polar surface area (TPSA) is 75.6 Å². The fourth-order valence-corrected chi connectivity index (χ4v) is 3.56. The van der Waals surface area contributed by atoms with Gasteiger partial charge in [0.15, 0.2) is 0 Å². The van der Waals surface area contributed by atoms with Crippen molar-refractivity contribution in [1.29, 1.82) is 0 Å². The van der Waals surface area contributed by atoms with Gasteiger partial charge in [0, 0.05) is 13.7 Å². The van der Waals surface area contributed by atoms with E-state index in [-0.39, 0.29) is 18.0 Å². The smallest absolute Gasteiger partial charge is 0.215 e. The van der Waals surface area contributed by atoms with Crippen LogP contribution in [0.1, 0.15) is 30.4 Å². The molecular weight excluding hydrogens is 278 g/mol. The zero-order valence-electron chi connectivity index (χ0n) is 11.6. The molecule has 1 aromatic carbocycles. The number of nitrogens with one attached hydrogen (secondary N) is 1. The SMILES string of the molecule is COC1(CNS(=O)(=O)Cc2cccc(CO)c2)CCC1. The van der Waals surface area contributed by atoms with Gasteiger partial charge >= 0.3 is 0 Å². The van der Waals surface area contributed by atoms with Crippen molar-refractivity contribution in [1.82, 2.24) is 4.72 Å². The fraction of sp³-hybridized carbons (Fsp3) is 0.571. The second-order valence-corrected chi connectivity index (χ2v) is 7.11. The van der Waals surface area contributed by atoms with Gasteiger partial charge in [-0.3, -0.25) is 0 Å². The Hall–Kier alpha value is -0.950. The third-order valence-electron chi connectivity index (χ3n) is 3.84. The maximum absolute atomic E-state index is 12.1. The van der Waals surface area contributed by atoms with Crippen molar-refractivity contribution in [3.8, 4) is 0 Å². The lowest BCUT2D eigenvalue weighted by molar-refractivity contribution is -0.0659. The molecule has 1 aromatic rings. The Morgan fingerprint density at radius 3 is 2.60 bits per heavy atom. The summed E-state index contributed by atoms with van der Waals surface area (Å²) in [5.41, 5.74) is 1.06. The van der Waals surface area contributed by atoms with Gasteiger partial charge < -0.3 is 9.84 Å². The largest absolute Gasteiger partial charge is 0.392 e. The number of hydrogen-bond acceptors (Lipinski definition) is 4. The van der Waals surface area contributed by atoms with Crippen molar-refractivity contribution in [3.63, 3.8) is 0 Å². The summed E-state index contributed by atoms with van der Waals surface area (Å²) in [5, 5.41) is 9.06. The molecule has 0 atom stereocenters. The van der Waals surface area contributed by atoms with Crippen molar-refractivity contribution >= 4 is 10.0 Å². The molecule has 0 radical (unpaired) electrons. The van der Waals surface area contributed by atoms with E-state index in [1.807, 2.05) is 0 Å². The minimum atomic E-state index is -3.39. The van der Waals surface area contributed by atoms with Crippen molar-refractivity contribution in [2.24, 2.45) is 0 Å². The zero-order chi connectivity index (χ0) is 14.6. The van der Waals surface area contributed by atoms with Crippen LogP contribution >= 0.6 is 0 Å². The summed E-state index contributed by atoms with van der Waals surface area (Å²) >= 11 is 0. The second kappa shape index (κ2) is 6.22. The van der Waals surface area contributed by atoms with E-state index < -0.39 is 10.0 Å². The van der Waals surface area contributed by atoms with Crippen LogP contribution < -0.4 is 4.72 Å². The zero-order valence-corrected chi connectivity index (χ0v) is 12.4. The summed E-state index contributed by atoms with van der Waals surface area (Å²) < 4.78 is 32.2. The lowest BCUT2D eigenvalue weighted by atomic mass is 9.80. The average molecular weight is 299 g/mol. The van der Waals surface area contributed by atoms with Crippen LogP contribution in [0.3, 0.4) is 0 Å². The Morgan fingerprint density at radius 1 is 1.35 bits per heavy atom. The normalized spacial score (nSPS) is 17.7. The van der Waals surface area contributed by atoms with E-state index in [1.54, 1.807) is 31.4 Å². The molecule has 0 heterocycles. The van der Waals surface area contributed by atoms with E-state index in [0.717, 1.165) is 19.3 Å². The molecule has 1 aliphatic carbocycles. The molecule has 0 bridgehead atoms. The van der Waals surface area contributed by atoms with E-state index in [4.69, 9.17) is 9.84 Å². The van der Waals surface area contributed by atoms with Crippen molar-refractivity contribution in [2.75, 3.05) is 13.7 Å². The van der Waals surface area contributed by atoms with Crippen LogP contribution in [0.25, 0.3) is 0 Å². The Balaban J connectivity index is 1.96. The van der Waals surface area contributed by atoms with Crippen molar-refractivity contribution in [2.45, 2.75) is 37.2 Å². The highest BCUT2D eigenvalue weighted by Crippen LogP contribution is 2.34. The number of hydrogen-bond donors (Lipinski definition) is 2. The Bertz CT molecular complexity index is 547. The highest BCUT2D eigenvalue weighted by atomic mass is 32.2. The number of aliphatic hydroxyl groups excluding tert-OH is 1. The first-order valence-electron chi connectivity index (χ1n) is 6.70. The van der Waals surface area contributed by atoms with Gasteiger partial charge in [0.25, 0.3) is 0 Å². The third kappa shape index (κ3) is 3.79. The van der Waals surface area contributed by atoms with Crippen LogP contribution in [0, 0.1) is 0 Å². The summed E-state index contributed by atoms with van der Waals surface area (Å²) in [6.45, 7) is 0.236. The van der Waals surface area contributed by atoms with Gasteiger partial charge in [-0.1, -0.05) is 24.3 Å².